The average Bonchev–Trinajstić information content (AvgIpc) is 3.57. The Kier molecular flexibility index (Phi) is 12.0. The molecule has 0 aromatic rings. The first-order valence-electron chi connectivity index (χ1n) is 19.7. The van der Waals surface area contributed by atoms with Crippen molar-refractivity contribution >= 4 is 11.8 Å². The van der Waals surface area contributed by atoms with Crippen LogP contribution in [0.25, 0.3) is 5.32 Å². The molecule has 3 unspecified atom stereocenters. The Morgan fingerprint density at radius 3 is 2.56 bits per heavy atom. The van der Waals surface area contributed by atoms with Gasteiger partial charge in [-0.15, -0.1) is 12.5 Å². The number of hydrogen-bond acceptors (Lipinski definition) is 5. The summed E-state index contributed by atoms with van der Waals surface area (Å²) in [6, 6.07) is -0.675. The van der Waals surface area contributed by atoms with Crippen LogP contribution in [0.3, 0.4) is 0 Å². The predicted molar refractivity (Wildman–Crippen MR) is 187 cm³/mol. The van der Waals surface area contributed by atoms with E-state index in [4.69, 9.17) is 16.9 Å². The van der Waals surface area contributed by atoms with Gasteiger partial charge >= 0.3 is 0 Å². The molecule has 4 heterocycles. The van der Waals surface area contributed by atoms with Crippen molar-refractivity contribution in [2.45, 2.75) is 149 Å². The van der Waals surface area contributed by atoms with Crippen LogP contribution < -0.4 is 5.32 Å². The summed E-state index contributed by atoms with van der Waals surface area (Å²) in [4.78, 5) is 0. The number of allylic oxidation sites excluding steroid dienone is 2. The van der Waals surface area contributed by atoms with Gasteiger partial charge in [0.2, 0.25) is 0 Å². The Morgan fingerprint density at radius 2 is 1.93 bits per heavy atom. The standard InChI is InChI=1S/C25H36N2OS.C13H26O2.Ir/c1-14-9-10-17-16-7-6-8-19(22(16)28-23(17)26-14)21-12-11-18-20(13-25(3,4)5)15(2)29-24(18)27-21;1-5-10(6-2)12(14)9-13(15)11(7-3)8-4;/h8-11,14-17,20-21,23-24,26H,6-7,12-13H2,1-5H3;9-12,14-15H,5-8H2,1-4H3;/q-2;;/b;13-9-;/t14?,15-,16+,17?,20+,21-,23+,24?;12-;/m11./s1/i1D3,13D2;;. The van der Waals surface area contributed by atoms with E-state index in [9.17, 15) is 10.2 Å². The van der Waals surface area contributed by atoms with Gasteiger partial charge in [0.25, 0.3) is 0 Å². The number of ether oxygens (including phenoxy) is 1. The second-order valence-corrected chi connectivity index (χ2v) is 15.7. The topological polar surface area (TPSA) is 75.8 Å². The van der Waals surface area contributed by atoms with E-state index >= 15 is 0 Å². The van der Waals surface area contributed by atoms with E-state index in [0.29, 0.717) is 5.76 Å². The number of aliphatic hydroxyl groups is 2. The van der Waals surface area contributed by atoms with Gasteiger partial charge in [0.1, 0.15) is 6.23 Å². The smallest absolute Gasteiger partial charge is 0.134 e. The SMILES string of the molecule is CCC(CC)/C(O)=C/[C@@H](O)C(CC)CC.[2H]C([2H])([2H])C1C=CC2[C@@H]3CC[CH-]C([C@H]4CC=C5C([N-]4)S[C@H](C)[C@@H]5C([2H])([2H])C(C)(C)C)=C3O[C@@H]2N1.[Ir]. The van der Waals surface area contributed by atoms with Gasteiger partial charge in [0, 0.05) is 50.1 Å². The molecule has 0 spiro atoms. The minimum Gasteiger partial charge on any atom is -0.643 e. The minimum absolute atomic E-state index is 0. The fraction of sp³-hybridized carbons (Fsp3) is 0.763. The van der Waals surface area contributed by atoms with Crippen LogP contribution in [0.5, 0.6) is 0 Å². The maximum atomic E-state index is 9.88. The quantitative estimate of drug-likeness (QED) is 0.123. The van der Waals surface area contributed by atoms with Crippen LogP contribution in [0.4, 0.5) is 0 Å². The van der Waals surface area contributed by atoms with Gasteiger partial charge in [-0.3, -0.25) is 5.32 Å². The molecule has 1 aliphatic carbocycles. The molecule has 0 saturated carbocycles. The van der Waals surface area contributed by atoms with Crippen LogP contribution in [0.1, 0.15) is 120 Å². The van der Waals surface area contributed by atoms with Crippen LogP contribution in [0.2, 0.25) is 0 Å². The summed E-state index contributed by atoms with van der Waals surface area (Å²) in [5, 5.41) is 28.3. The van der Waals surface area contributed by atoms with Gasteiger partial charge in [-0.2, -0.15) is 17.3 Å². The molecule has 3 N–H and O–H groups in total. The molecule has 5 nitrogen and oxygen atoms in total. The molecule has 45 heavy (non-hydrogen) atoms. The Labute approximate surface area is 300 Å². The predicted octanol–water partition coefficient (Wildman–Crippen LogP) is 9.62. The van der Waals surface area contributed by atoms with E-state index in [0.717, 1.165) is 61.9 Å². The van der Waals surface area contributed by atoms with Gasteiger partial charge in [-0.25, -0.2) is 6.42 Å². The second kappa shape index (κ2) is 17.1. The number of hydrogen-bond donors (Lipinski definition) is 3. The molecule has 1 radical (unpaired) electrons. The van der Waals surface area contributed by atoms with Crippen LogP contribution in [-0.2, 0) is 24.8 Å². The Balaban J connectivity index is 0.000000361. The molecule has 0 aromatic carbocycles. The van der Waals surface area contributed by atoms with E-state index in [1.165, 1.54) is 0 Å². The van der Waals surface area contributed by atoms with Crippen LogP contribution in [0, 0.1) is 41.4 Å². The second-order valence-electron chi connectivity index (χ2n) is 14.2. The summed E-state index contributed by atoms with van der Waals surface area (Å²) in [5.74, 6) is 2.08. The summed E-state index contributed by atoms with van der Waals surface area (Å²) in [6.07, 6.45) is 14.3. The van der Waals surface area contributed by atoms with E-state index in [1.807, 2.05) is 26.8 Å². The molecule has 0 amide bonds. The maximum Gasteiger partial charge on any atom is 0.134 e. The first-order chi connectivity index (χ1) is 22.9. The fourth-order valence-electron chi connectivity index (χ4n) is 7.37. The van der Waals surface area contributed by atoms with Gasteiger partial charge in [-0.05, 0) is 67.5 Å². The number of nitrogens with zero attached hydrogens (tertiary/aromatic N) is 1. The summed E-state index contributed by atoms with van der Waals surface area (Å²) in [7, 11) is 0. The van der Waals surface area contributed by atoms with Gasteiger partial charge in [0.05, 0.1) is 11.9 Å². The molecular formula is C38H62IrN2O3S-2. The molecule has 5 rings (SSSR count). The molecule has 2 saturated heterocycles. The average molecular weight is 824 g/mol. The Morgan fingerprint density at radius 1 is 1.22 bits per heavy atom. The van der Waals surface area contributed by atoms with Crippen molar-refractivity contribution in [1.82, 2.24) is 5.32 Å². The van der Waals surface area contributed by atoms with Gasteiger partial charge < -0.3 is 20.3 Å². The third-order valence-electron chi connectivity index (χ3n) is 9.97. The summed E-state index contributed by atoms with van der Waals surface area (Å²) in [6.45, 7) is 14.3. The van der Waals surface area contributed by atoms with E-state index in [2.05, 4.69) is 52.4 Å². The third kappa shape index (κ3) is 9.48. The van der Waals surface area contributed by atoms with Gasteiger partial charge in [0.15, 0.2) is 0 Å². The first-order valence-corrected chi connectivity index (χ1v) is 18.2. The summed E-state index contributed by atoms with van der Waals surface area (Å²) >= 11 is 1.78. The van der Waals surface area contributed by atoms with Crippen molar-refractivity contribution in [3.8, 4) is 0 Å². The van der Waals surface area contributed by atoms with Crippen LogP contribution in [0.15, 0.2) is 47.0 Å². The molecule has 9 atom stereocenters. The number of aliphatic hydroxyl groups excluding tert-OH is 2. The first kappa shape index (κ1) is 31.6. The summed E-state index contributed by atoms with van der Waals surface area (Å²) < 4.78 is 47.5. The molecule has 0 bridgehead atoms. The van der Waals surface area contributed by atoms with Crippen LogP contribution in [-0.4, -0.2) is 45.3 Å². The molecule has 0 aromatic heterocycles. The zero-order valence-corrected chi connectivity index (χ0v) is 31.9. The van der Waals surface area contributed by atoms with Crippen molar-refractivity contribution in [3.63, 3.8) is 0 Å². The third-order valence-corrected chi connectivity index (χ3v) is 11.3. The Hall–Kier alpha value is -0.691. The molecule has 259 valence electrons. The summed E-state index contributed by atoms with van der Waals surface area (Å²) in [5.41, 5.74) is 1.85. The normalized spacial score (nSPS) is 35.5. The molecule has 5 aliphatic rings. The van der Waals surface area contributed by atoms with Crippen molar-refractivity contribution in [2.24, 2.45) is 35.0 Å². The molecule has 2 fully saturated rings. The molecule has 4 aliphatic heterocycles. The minimum atomic E-state index is -2.09. The van der Waals surface area contributed by atoms with Crippen molar-refractivity contribution in [3.05, 3.63) is 58.7 Å². The van der Waals surface area contributed by atoms with Crippen LogP contribution >= 0.6 is 11.8 Å². The number of nitrogens with one attached hydrogen (secondary N) is 1. The van der Waals surface area contributed by atoms with E-state index in [1.54, 1.807) is 23.9 Å². The zero-order chi connectivity index (χ0) is 36.5. The molecular weight excluding hydrogens is 757 g/mol. The monoisotopic (exact) mass is 824 g/mol. The number of rotatable bonds is 9. The fourth-order valence-corrected chi connectivity index (χ4v) is 8.78. The number of thioether (sulfide) groups is 1. The van der Waals surface area contributed by atoms with E-state index in [-0.39, 0.29) is 72.6 Å². The van der Waals surface area contributed by atoms with Gasteiger partial charge in [-0.1, -0.05) is 104 Å². The van der Waals surface area contributed by atoms with Crippen molar-refractivity contribution < 1.29 is 41.9 Å². The van der Waals surface area contributed by atoms with E-state index < -0.39 is 30.8 Å². The molecule has 7 heteroatoms. The zero-order valence-electron chi connectivity index (χ0n) is 33.7. The number of fused-ring (bicyclic) bond motifs is 4. The Bertz CT molecular complexity index is 1260. The maximum absolute atomic E-state index is 9.88. The van der Waals surface area contributed by atoms with Crippen molar-refractivity contribution in [1.29, 1.82) is 0 Å². The largest absolute Gasteiger partial charge is 0.643 e. The van der Waals surface area contributed by atoms with Crippen molar-refractivity contribution in [2.75, 3.05) is 0 Å².